The largest absolute Gasteiger partial charge is 0.466 e. The number of nitriles is 1. The number of esters is 2. The van der Waals surface area contributed by atoms with Gasteiger partial charge in [-0.1, -0.05) is 40.2 Å². The number of carbonyl (C=O) groups is 2. The highest BCUT2D eigenvalue weighted by Gasteiger charge is 2.43. The van der Waals surface area contributed by atoms with Gasteiger partial charge in [-0.3, -0.25) is 4.90 Å². The monoisotopic (exact) mass is 485 g/mol. The Bertz CT molecular complexity index is 1150. The summed E-state index contributed by atoms with van der Waals surface area (Å²) >= 11 is 3.34. The van der Waals surface area contributed by atoms with Crippen molar-refractivity contribution in [3.8, 4) is 6.07 Å². The fraction of sp³-hybridized carbons (Fsp3) is 0.136. The molecule has 31 heavy (non-hydrogen) atoms. The Morgan fingerprint density at radius 1 is 1.10 bits per heavy atom. The molecular formula is C22H17BrFN3O4. The maximum absolute atomic E-state index is 14.7. The highest BCUT2D eigenvalue weighted by Crippen LogP contribution is 2.43. The van der Waals surface area contributed by atoms with E-state index in [0.29, 0.717) is 5.56 Å². The molecule has 2 aromatic rings. The van der Waals surface area contributed by atoms with E-state index in [2.05, 4.69) is 15.9 Å². The highest BCUT2D eigenvalue weighted by molar-refractivity contribution is 9.10. The molecule has 1 heterocycles. The van der Waals surface area contributed by atoms with Gasteiger partial charge < -0.3 is 15.2 Å². The van der Waals surface area contributed by atoms with Crippen molar-refractivity contribution in [3.05, 3.63) is 87.0 Å². The number of hydrogen-bond donors (Lipinski definition) is 1. The molecule has 0 amide bonds. The summed E-state index contributed by atoms with van der Waals surface area (Å²) < 4.78 is 25.3. The number of carbonyl (C=O) groups excluding carboxylic acids is 2. The summed E-state index contributed by atoms with van der Waals surface area (Å²) in [6.07, 6.45) is 0. The van der Waals surface area contributed by atoms with Gasteiger partial charge in [-0.2, -0.15) is 5.26 Å². The van der Waals surface area contributed by atoms with Gasteiger partial charge in [0.2, 0.25) is 0 Å². The number of allylic oxidation sites excluding steroid dienone is 1. The van der Waals surface area contributed by atoms with Crippen molar-refractivity contribution in [3.63, 3.8) is 0 Å². The van der Waals surface area contributed by atoms with Crippen LogP contribution >= 0.6 is 15.9 Å². The third-order valence-electron chi connectivity index (χ3n) is 4.77. The van der Waals surface area contributed by atoms with Crippen molar-refractivity contribution in [2.24, 2.45) is 5.73 Å². The summed E-state index contributed by atoms with van der Waals surface area (Å²) in [5.74, 6) is -3.76. The number of anilines is 1. The Labute approximate surface area is 186 Å². The molecule has 3 rings (SSSR count). The second kappa shape index (κ2) is 9.02. The van der Waals surface area contributed by atoms with Crippen molar-refractivity contribution < 1.29 is 23.5 Å². The van der Waals surface area contributed by atoms with E-state index >= 15 is 0 Å². The number of nitrogens with zero attached hydrogens (tertiary/aromatic N) is 2. The van der Waals surface area contributed by atoms with Crippen LogP contribution in [0.4, 0.5) is 10.1 Å². The number of halogens is 2. The van der Waals surface area contributed by atoms with Crippen LogP contribution in [-0.2, 0) is 19.1 Å². The summed E-state index contributed by atoms with van der Waals surface area (Å²) in [4.78, 5) is 26.7. The molecule has 1 atom stereocenters. The zero-order valence-corrected chi connectivity index (χ0v) is 18.1. The molecule has 0 spiro atoms. The maximum Gasteiger partial charge on any atom is 0.355 e. The Hall–Kier alpha value is -3.64. The van der Waals surface area contributed by atoms with Gasteiger partial charge in [0.1, 0.15) is 17.3 Å². The van der Waals surface area contributed by atoms with Crippen LogP contribution in [0.5, 0.6) is 0 Å². The minimum atomic E-state index is -1.03. The third-order valence-corrected chi connectivity index (χ3v) is 5.30. The quantitative estimate of drug-likeness (QED) is 0.660. The Morgan fingerprint density at radius 3 is 2.26 bits per heavy atom. The molecular weight excluding hydrogens is 469 g/mol. The minimum Gasteiger partial charge on any atom is -0.466 e. The van der Waals surface area contributed by atoms with Crippen LogP contribution in [-0.4, -0.2) is 26.2 Å². The molecule has 0 bridgehead atoms. The summed E-state index contributed by atoms with van der Waals surface area (Å²) in [6.45, 7) is 0. The molecule has 1 aliphatic rings. The van der Waals surface area contributed by atoms with E-state index in [1.54, 1.807) is 24.3 Å². The van der Waals surface area contributed by atoms with Crippen molar-refractivity contribution in [2.75, 3.05) is 19.1 Å². The summed E-state index contributed by atoms with van der Waals surface area (Å²) in [7, 11) is 2.27. The predicted molar refractivity (Wildman–Crippen MR) is 114 cm³/mol. The lowest BCUT2D eigenvalue weighted by molar-refractivity contribution is -0.139. The Morgan fingerprint density at radius 2 is 1.71 bits per heavy atom. The fourth-order valence-corrected chi connectivity index (χ4v) is 3.67. The average Bonchev–Trinajstić information content (AvgIpc) is 2.78. The lowest BCUT2D eigenvalue weighted by Crippen LogP contribution is -2.41. The van der Waals surface area contributed by atoms with Gasteiger partial charge in [0.15, 0.2) is 0 Å². The standard InChI is InChI=1S/C22H17BrFN3O4/c1-30-21(28)18-17(12-7-9-13(23)10-8-12)14(11-25)20(26)27(19(18)22(29)31-2)16-6-4-3-5-15(16)24/h3-10,17H,26H2,1-2H3. The minimum absolute atomic E-state index is 0.0429. The van der Waals surface area contributed by atoms with Gasteiger partial charge in [-0.05, 0) is 29.8 Å². The predicted octanol–water partition coefficient (Wildman–Crippen LogP) is 3.49. The van der Waals surface area contributed by atoms with Gasteiger partial charge in [-0.15, -0.1) is 0 Å². The number of para-hydroxylation sites is 1. The van der Waals surface area contributed by atoms with Crippen molar-refractivity contribution in [2.45, 2.75) is 5.92 Å². The van der Waals surface area contributed by atoms with Gasteiger partial charge in [0.25, 0.3) is 0 Å². The fourth-order valence-electron chi connectivity index (χ4n) is 3.41. The summed E-state index contributed by atoms with van der Waals surface area (Å²) in [5.41, 5.74) is 6.12. The molecule has 0 aliphatic carbocycles. The van der Waals surface area contributed by atoms with Crippen LogP contribution in [0.15, 0.2) is 75.7 Å². The molecule has 1 unspecified atom stereocenters. The van der Waals surface area contributed by atoms with Crippen LogP contribution in [0.1, 0.15) is 11.5 Å². The highest BCUT2D eigenvalue weighted by atomic mass is 79.9. The lowest BCUT2D eigenvalue weighted by Gasteiger charge is -2.35. The number of hydrogen-bond acceptors (Lipinski definition) is 7. The number of methoxy groups -OCH3 is 2. The van der Waals surface area contributed by atoms with Crippen LogP contribution < -0.4 is 10.6 Å². The van der Waals surface area contributed by atoms with E-state index in [-0.39, 0.29) is 28.4 Å². The Balaban J connectivity index is 2.43. The molecule has 0 saturated carbocycles. The molecule has 9 heteroatoms. The first kappa shape index (κ1) is 22.1. The topological polar surface area (TPSA) is 106 Å². The Kier molecular flexibility index (Phi) is 6.42. The van der Waals surface area contributed by atoms with Crippen molar-refractivity contribution in [1.29, 1.82) is 5.26 Å². The van der Waals surface area contributed by atoms with E-state index in [1.165, 1.54) is 24.3 Å². The van der Waals surface area contributed by atoms with Crippen molar-refractivity contribution in [1.82, 2.24) is 0 Å². The first-order chi connectivity index (χ1) is 14.8. The number of rotatable bonds is 4. The second-order valence-corrected chi connectivity index (χ2v) is 7.34. The molecule has 0 radical (unpaired) electrons. The zero-order valence-electron chi connectivity index (χ0n) is 16.6. The van der Waals surface area contributed by atoms with Gasteiger partial charge in [0.05, 0.1) is 43.0 Å². The molecule has 0 aromatic heterocycles. The second-order valence-electron chi connectivity index (χ2n) is 6.43. The number of nitrogens with two attached hydrogens (primary N) is 1. The molecule has 0 fully saturated rings. The van der Waals surface area contributed by atoms with E-state index in [9.17, 15) is 19.2 Å². The van der Waals surface area contributed by atoms with Crippen molar-refractivity contribution >= 4 is 33.6 Å². The molecule has 1 aliphatic heterocycles. The normalized spacial score (nSPS) is 16.1. The lowest BCUT2D eigenvalue weighted by atomic mass is 9.81. The molecule has 2 N–H and O–H groups in total. The molecule has 158 valence electrons. The summed E-state index contributed by atoms with van der Waals surface area (Å²) in [5, 5.41) is 9.93. The van der Waals surface area contributed by atoms with Gasteiger partial charge in [0, 0.05) is 4.47 Å². The average molecular weight is 486 g/mol. The first-order valence-electron chi connectivity index (χ1n) is 8.96. The number of benzene rings is 2. The van der Waals surface area contributed by atoms with E-state index in [1.807, 2.05) is 6.07 Å². The van der Waals surface area contributed by atoms with Crippen LogP contribution in [0.3, 0.4) is 0 Å². The third kappa shape index (κ3) is 3.90. The van der Waals surface area contributed by atoms with E-state index < -0.39 is 23.7 Å². The van der Waals surface area contributed by atoms with Gasteiger partial charge in [-0.25, -0.2) is 14.0 Å². The van der Waals surface area contributed by atoms with Gasteiger partial charge >= 0.3 is 11.9 Å². The molecule has 0 saturated heterocycles. The summed E-state index contributed by atoms with van der Waals surface area (Å²) in [6, 6.07) is 14.3. The van der Waals surface area contributed by atoms with Crippen LogP contribution in [0.25, 0.3) is 0 Å². The SMILES string of the molecule is COC(=O)C1=C(C(=O)OC)N(c2ccccc2F)C(N)=C(C#N)C1c1ccc(Br)cc1. The smallest absolute Gasteiger partial charge is 0.355 e. The van der Waals surface area contributed by atoms with Crippen LogP contribution in [0, 0.1) is 17.1 Å². The maximum atomic E-state index is 14.7. The van der Waals surface area contributed by atoms with E-state index in [4.69, 9.17) is 15.2 Å². The van der Waals surface area contributed by atoms with E-state index in [0.717, 1.165) is 23.6 Å². The number of ether oxygens (including phenoxy) is 2. The zero-order chi connectivity index (χ0) is 22.7. The first-order valence-corrected chi connectivity index (χ1v) is 9.75. The molecule has 2 aromatic carbocycles. The molecule has 7 nitrogen and oxygen atoms in total. The van der Waals surface area contributed by atoms with Crippen LogP contribution in [0.2, 0.25) is 0 Å².